The normalized spacial score (nSPS) is 10.9. The van der Waals surface area contributed by atoms with E-state index in [9.17, 15) is 5.11 Å². The maximum Gasteiger partial charge on any atom is 0.130 e. The third-order valence-electron chi connectivity index (χ3n) is 1.83. The Labute approximate surface area is 92.9 Å². The number of thioether (sulfide) groups is 1. The Bertz CT molecular complexity index is 450. The fourth-order valence-corrected chi connectivity index (χ4v) is 3.49. The van der Waals surface area contributed by atoms with Crippen LogP contribution < -0.4 is 0 Å². The first-order valence-corrected chi connectivity index (χ1v) is 6.56. The Morgan fingerprint density at radius 3 is 2.92 bits per heavy atom. The predicted molar refractivity (Wildman–Crippen MR) is 63.0 cm³/mol. The number of halogens is 1. The van der Waals surface area contributed by atoms with Crippen LogP contribution >= 0.6 is 39.0 Å². The lowest BCUT2D eigenvalue weighted by molar-refractivity contribution is 0.473. The van der Waals surface area contributed by atoms with Gasteiger partial charge in [-0.15, -0.1) is 23.1 Å². The molecule has 0 atom stereocenters. The molecule has 1 heterocycles. The van der Waals surface area contributed by atoms with E-state index in [1.807, 2.05) is 18.4 Å². The molecule has 0 radical (unpaired) electrons. The zero-order valence-corrected chi connectivity index (χ0v) is 10.1. The number of phenols is 1. The number of fused-ring (bicyclic) bond motifs is 1. The van der Waals surface area contributed by atoms with E-state index in [4.69, 9.17) is 0 Å². The summed E-state index contributed by atoms with van der Waals surface area (Å²) in [6, 6.07) is 3.76. The monoisotopic (exact) mass is 274 g/mol. The first kappa shape index (κ1) is 9.37. The number of thiophene rings is 1. The van der Waals surface area contributed by atoms with Gasteiger partial charge in [-0.2, -0.15) is 0 Å². The van der Waals surface area contributed by atoms with Gasteiger partial charge in [0.05, 0.1) is 4.47 Å². The van der Waals surface area contributed by atoms with Gasteiger partial charge in [-0.25, -0.2) is 0 Å². The Hall–Kier alpha value is -0.190. The zero-order chi connectivity index (χ0) is 9.42. The van der Waals surface area contributed by atoms with Crippen LogP contribution in [-0.2, 0) is 0 Å². The van der Waals surface area contributed by atoms with Gasteiger partial charge >= 0.3 is 0 Å². The van der Waals surface area contributed by atoms with Crippen molar-refractivity contribution in [1.82, 2.24) is 0 Å². The van der Waals surface area contributed by atoms with Gasteiger partial charge in [0.1, 0.15) is 5.75 Å². The van der Waals surface area contributed by atoms with Crippen LogP contribution in [0.25, 0.3) is 10.1 Å². The molecule has 1 aromatic carbocycles. The minimum Gasteiger partial charge on any atom is -0.507 e. The molecule has 0 amide bonds. The molecule has 0 spiro atoms. The second kappa shape index (κ2) is 3.52. The van der Waals surface area contributed by atoms with Crippen molar-refractivity contribution in [1.29, 1.82) is 0 Å². The molecule has 1 aromatic heterocycles. The maximum atomic E-state index is 9.50. The summed E-state index contributed by atoms with van der Waals surface area (Å²) in [6.45, 7) is 0. The predicted octanol–water partition coefficient (Wildman–Crippen LogP) is 4.09. The van der Waals surface area contributed by atoms with Crippen molar-refractivity contribution in [2.75, 3.05) is 6.26 Å². The highest BCUT2D eigenvalue weighted by Crippen LogP contribution is 2.37. The lowest BCUT2D eigenvalue weighted by atomic mass is 10.2. The van der Waals surface area contributed by atoms with Crippen molar-refractivity contribution in [2.45, 2.75) is 4.90 Å². The van der Waals surface area contributed by atoms with Gasteiger partial charge in [0.2, 0.25) is 0 Å². The highest BCUT2D eigenvalue weighted by Gasteiger charge is 2.06. The van der Waals surface area contributed by atoms with Crippen molar-refractivity contribution in [3.05, 3.63) is 22.0 Å². The minimum atomic E-state index is 0.307. The van der Waals surface area contributed by atoms with E-state index >= 15 is 0 Å². The van der Waals surface area contributed by atoms with Gasteiger partial charge in [-0.1, -0.05) is 0 Å². The molecule has 2 aromatic rings. The van der Waals surface area contributed by atoms with Crippen LogP contribution in [0.2, 0.25) is 0 Å². The molecule has 2 rings (SSSR count). The zero-order valence-electron chi connectivity index (χ0n) is 6.87. The molecular weight excluding hydrogens is 268 g/mol. The average molecular weight is 275 g/mol. The van der Waals surface area contributed by atoms with Crippen LogP contribution in [0.1, 0.15) is 0 Å². The van der Waals surface area contributed by atoms with Crippen molar-refractivity contribution in [3.63, 3.8) is 0 Å². The lowest BCUT2D eigenvalue weighted by Crippen LogP contribution is -1.70. The van der Waals surface area contributed by atoms with Crippen molar-refractivity contribution in [3.8, 4) is 5.75 Å². The Morgan fingerprint density at radius 2 is 2.23 bits per heavy atom. The van der Waals surface area contributed by atoms with E-state index in [0.29, 0.717) is 5.75 Å². The summed E-state index contributed by atoms with van der Waals surface area (Å²) in [7, 11) is 0. The first-order valence-electron chi connectivity index (χ1n) is 3.66. The van der Waals surface area contributed by atoms with Gasteiger partial charge in [0, 0.05) is 20.4 Å². The summed E-state index contributed by atoms with van der Waals surface area (Å²) in [5, 5.41) is 12.8. The Kier molecular flexibility index (Phi) is 2.53. The molecule has 13 heavy (non-hydrogen) atoms. The SMILES string of the molecule is CSc1csc2cc(Br)c(O)cc12. The third-order valence-corrected chi connectivity index (χ3v) is 4.33. The molecule has 0 aliphatic carbocycles. The lowest BCUT2D eigenvalue weighted by Gasteiger charge is -1.98. The molecule has 0 aliphatic heterocycles. The highest BCUT2D eigenvalue weighted by atomic mass is 79.9. The van der Waals surface area contributed by atoms with E-state index in [1.54, 1.807) is 23.1 Å². The summed E-state index contributed by atoms with van der Waals surface area (Å²) >= 11 is 6.70. The molecule has 0 saturated carbocycles. The molecule has 0 fully saturated rings. The average Bonchev–Trinajstić information content (AvgIpc) is 2.48. The summed E-state index contributed by atoms with van der Waals surface area (Å²) in [6.07, 6.45) is 2.04. The van der Waals surface area contributed by atoms with Gasteiger partial charge in [0.25, 0.3) is 0 Å². The molecule has 68 valence electrons. The number of hydrogen-bond acceptors (Lipinski definition) is 3. The van der Waals surface area contributed by atoms with Gasteiger partial charge in [0.15, 0.2) is 0 Å². The molecule has 0 saturated heterocycles. The van der Waals surface area contributed by atoms with Gasteiger partial charge in [-0.05, 0) is 34.3 Å². The minimum absolute atomic E-state index is 0.307. The Morgan fingerprint density at radius 1 is 1.46 bits per heavy atom. The van der Waals surface area contributed by atoms with E-state index in [1.165, 1.54) is 9.60 Å². The molecule has 0 unspecified atom stereocenters. The van der Waals surface area contributed by atoms with Gasteiger partial charge < -0.3 is 5.11 Å². The number of hydrogen-bond donors (Lipinski definition) is 1. The maximum absolute atomic E-state index is 9.50. The number of aromatic hydroxyl groups is 1. The summed E-state index contributed by atoms with van der Waals surface area (Å²) in [4.78, 5) is 1.22. The second-order valence-electron chi connectivity index (χ2n) is 2.60. The van der Waals surface area contributed by atoms with Crippen LogP contribution in [0, 0.1) is 0 Å². The molecule has 0 bridgehead atoms. The van der Waals surface area contributed by atoms with Crippen molar-refractivity contribution >= 4 is 49.1 Å². The second-order valence-corrected chi connectivity index (χ2v) is 5.22. The summed E-state index contributed by atoms with van der Waals surface area (Å²) in [5.41, 5.74) is 0. The molecule has 4 heteroatoms. The smallest absolute Gasteiger partial charge is 0.130 e. The Balaban J connectivity index is 2.77. The van der Waals surface area contributed by atoms with E-state index in [0.717, 1.165) is 9.86 Å². The van der Waals surface area contributed by atoms with E-state index in [2.05, 4.69) is 21.3 Å². The van der Waals surface area contributed by atoms with Crippen molar-refractivity contribution in [2.24, 2.45) is 0 Å². The van der Waals surface area contributed by atoms with Gasteiger partial charge in [-0.3, -0.25) is 0 Å². The van der Waals surface area contributed by atoms with Crippen LogP contribution in [-0.4, -0.2) is 11.4 Å². The van der Waals surface area contributed by atoms with Crippen LogP contribution in [0.5, 0.6) is 5.75 Å². The van der Waals surface area contributed by atoms with E-state index < -0.39 is 0 Å². The van der Waals surface area contributed by atoms with Crippen molar-refractivity contribution < 1.29 is 5.11 Å². The molecular formula is C9H7BrOS2. The van der Waals surface area contributed by atoms with Crippen LogP contribution in [0.4, 0.5) is 0 Å². The number of rotatable bonds is 1. The van der Waals surface area contributed by atoms with Crippen LogP contribution in [0.3, 0.4) is 0 Å². The quantitative estimate of drug-likeness (QED) is 0.791. The fraction of sp³-hybridized carbons (Fsp3) is 0.111. The summed E-state index contributed by atoms with van der Waals surface area (Å²) in [5.74, 6) is 0.307. The fourth-order valence-electron chi connectivity index (χ4n) is 1.17. The number of phenolic OH excluding ortho intramolecular Hbond substituents is 1. The topological polar surface area (TPSA) is 20.2 Å². The highest BCUT2D eigenvalue weighted by molar-refractivity contribution is 9.10. The van der Waals surface area contributed by atoms with Crippen LogP contribution in [0.15, 0.2) is 26.9 Å². The standard InChI is InChI=1S/C9H7BrOS2/c1-12-9-4-13-8-3-6(10)7(11)2-5(8)9/h2-4,11H,1H3. The number of benzene rings is 1. The third kappa shape index (κ3) is 1.58. The molecule has 0 aliphatic rings. The summed E-state index contributed by atoms with van der Waals surface area (Å²) < 4.78 is 1.96. The molecule has 1 N–H and O–H groups in total. The first-order chi connectivity index (χ1) is 6.22. The molecule has 1 nitrogen and oxygen atoms in total. The largest absolute Gasteiger partial charge is 0.507 e. The van der Waals surface area contributed by atoms with E-state index in [-0.39, 0.29) is 0 Å².